The van der Waals surface area contributed by atoms with Gasteiger partial charge in [0.2, 0.25) is 6.10 Å². The molecule has 0 bridgehead atoms. The first-order valence-electron chi connectivity index (χ1n) is 10.7. The maximum Gasteiger partial charge on any atom is 0.339 e. The SMILES string of the molecule is O=C(O[C@@H](C(=O)N1CCCC1)c1ccccc1)c1ccc2c(=O)n3c(nc2c1)CCC3. The van der Waals surface area contributed by atoms with Gasteiger partial charge in [0, 0.05) is 31.6 Å². The minimum absolute atomic E-state index is 0.0798. The van der Waals surface area contributed by atoms with E-state index in [0.717, 1.165) is 31.5 Å². The number of carbonyl (C=O) groups is 2. The second-order valence-electron chi connectivity index (χ2n) is 8.05. The summed E-state index contributed by atoms with van der Waals surface area (Å²) < 4.78 is 7.42. The zero-order chi connectivity index (χ0) is 21.4. The lowest BCUT2D eigenvalue weighted by Crippen LogP contribution is -2.34. The summed E-state index contributed by atoms with van der Waals surface area (Å²) in [6.07, 6.45) is 2.56. The number of fused-ring (bicyclic) bond motifs is 2. The third kappa shape index (κ3) is 3.60. The van der Waals surface area contributed by atoms with Crippen LogP contribution >= 0.6 is 0 Å². The van der Waals surface area contributed by atoms with E-state index in [0.29, 0.717) is 36.1 Å². The summed E-state index contributed by atoms with van der Waals surface area (Å²) in [5.41, 5.74) is 1.32. The number of benzene rings is 2. The van der Waals surface area contributed by atoms with Crippen LogP contribution in [0.4, 0.5) is 0 Å². The summed E-state index contributed by atoms with van der Waals surface area (Å²) in [5.74, 6) is -0.0629. The summed E-state index contributed by atoms with van der Waals surface area (Å²) in [6, 6.07) is 13.8. The molecule has 2 aliphatic heterocycles. The normalized spacial score (nSPS) is 16.3. The summed E-state index contributed by atoms with van der Waals surface area (Å²) >= 11 is 0. The molecule has 2 aromatic carbocycles. The summed E-state index contributed by atoms with van der Waals surface area (Å²) in [7, 11) is 0. The van der Waals surface area contributed by atoms with Crippen molar-refractivity contribution in [1.29, 1.82) is 0 Å². The molecule has 1 amide bonds. The minimum atomic E-state index is -0.999. The van der Waals surface area contributed by atoms with E-state index < -0.39 is 12.1 Å². The average molecular weight is 417 g/mol. The van der Waals surface area contributed by atoms with Crippen LogP contribution in [0.25, 0.3) is 10.9 Å². The van der Waals surface area contributed by atoms with Crippen LogP contribution < -0.4 is 5.56 Å². The maximum absolute atomic E-state index is 13.1. The van der Waals surface area contributed by atoms with Crippen molar-refractivity contribution in [2.45, 2.75) is 38.3 Å². The van der Waals surface area contributed by atoms with Gasteiger partial charge in [0.1, 0.15) is 5.82 Å². The fourth-order valence-corrected chi connectivity index (χ4v) is 4.38. The highest BCUT2D eigenvalue weighted by atomic mass is 16.5. The highest BCUT2D eigenvalue weighted by Gasteiger charge is 2.31. The van der Waals surface area contributed by atoms with Crippen molar-refractivity contribution in [2.75, 3.05) is 13.1 Å². The highest BCUT2D eigenvalue weighted by molar-refractivity contribution is 5.96. The van der Waals surface area contributed by atoms with Gasteiger partial charge in [-0.1, -0.05) is 30.3 Å². The van der Waals surface area contributed by atoms with Crippen LogP contribution in [0.2, 0.25) is 0 Å². The Kier molecular flexibility index (Phi) is 5.02. The first kappa shape index (κ1) is 19.5. The van der Waals surface area contributed by atoms with Crippen molar-refractivity contribution in [1.82, 2.24) is 14.5 Å². The molecular weight excluding hydrogens is 394 g/mol. The molecule has 0 N–H and O–H groups in total. The first-order chi connectivity index (χ1) is 15.1. The summed E-state index contributed by atoms with van der Waals surface area (Å²) in [4.78, 5) is 45.1. The van der Waals surface area contributed by atoms with Gasteiger partial charge in [0.25, 0.3) is 11.5 Å². The van der Waals surface area contributed by atoms with Crippen LogP contribution in [0.1, 0.15) is 47.1 Å². The number of esters is 1. The number of likely N-dealkylation sites (tertiary alicyclic amines) is 1. The van der Waals surface area contributed by atoms with E-state index in [1.54, 1.807) is 39.8 Å². The standard InChI is InChI=1S/C24H23N3O4/c28-22-18-11-10-17(15-19(18)25-20-9-6-14-27(20)22)24(30)31-21(16-7-2-1-3-8-16)23(29)26-12-4-5-13-26/h1-3,7-8,10-11,15,21H,4-6,9,12-14H2/t21-/m1/s1. The molecule has 3 aromatic rings. The van der Waals surface area contributed by atoms with Gasteiger partial charge in [-0.15, -0.1) is 0 Å². The lowest BCUT2D eigenvalue weighted by Gasteiger charge is -2.23. The van der Waals surface area contributed by atoms with Crippen molar-refractivity contribution in [3.63, 3.8) is 0 Å². The molecule has 3 heterocycles. The van der Waals surface area contributed by atoms with Crippen molar-refractivity contribution in [3.8, 4) is 0 Å². The molecule has 1 fully saturated rings. The number of carbonyl (C=O) groups excluding carboxylic acids is 2. The predicted molar refractivity (Wildman–Crippen MR) is 115 cm³/mol. The molecule has 31 heavy (non-hydrogen) atoms. The third-order valence-corrected chi connectivity index (χ3v) is 6.02. The van der Waals surface area contributed by atoms with E-state index in [9.17, 15) is 14.4 Å². The molecule has 1 atom stereocenters. The van der Waals surface area contributed by atoms with Gasteiger partial charge in [-0.25, -0.2) is 9.78 Å². The van der Waals surface area contributed by atoms with Crippen molar-refractivity contribution in [2.24, 2.45) is 0 Å². The Labute approximate surface area is 179 Å². The Bertz CT molecular complexity index is 1210. The fourth-order valence-electron chi connectivity index (χ4n) is 4.38. The number of nitrogens with zero attached hydrogens (tertiary/aromatic N) is 3. The molecule has 1 aromatic heterocycles. The number of aryl methyl sites for hydroxylation is 1. The molecule has 0 radical (unpaired) electrons. The zero-order valence-electron chi connectivity index (χ0n) is 17.1. The number of ether oxygens (including phenoxy) is 1. The van der Waals surface area contributed by atoms with Gasteiger partial charge < -0.3 is 9.64 Å². The molecule has 0 saturated carbocycles. The lowest BCUT2D eigenvalue weighted by molar-refractivity contribution is -0.140. The Morgan fingerprint density at radius 2 is 1.74 bits per heavy atom. The number of hydrogen-bond donors (Lipinski definition) is 0. The smallest absolute Gasteiger partial charge is 0.339 e. The monoisotopic (exact) mass is 417 g/mol. The van der Waals surface area contributed by atoms with Crippen molar-refractivity contribution < 1.29 is 14.3 Å². The van der Waals surface area contributed by atoms with Gasteiger partial charge in [-0.05, 0) is 37.5 Å². The van der Waals surface area contributed by atoms with Crippen LogP contribution in [-0.2, 0) is 22.5 Å². The quantitative estimate of drug-likeness (QED) is 0.610. The molecule has 0 spiro atoms. The molecule has 1 saturated heterocycles. The van der Waals surface area contributed by atoms with Crippen molar-refractivity contribution in [3.05, 3.63) is 75.8 Å². The highest BCUT2D eigenvalue weighted by Crippen LogP contribution is 2.25. The van der Waals surface area contributed by atoms with E-state index in [1.807, 2.05) is 18.2 Å². The Morgan fingerprint density at radius 3 is 2.52 bits per heavy atom. The van der Waals surface area contributed by atoms with Gasteiger partial charge in [0.05, 0.1) is 16.5 Å². The Morgan fingerprint density at radius 1 is 0.968 bits per heavy atom. The van der Waals surface area contributed by atoms with E-state index in [-0.39, 0.29) is 17.0 Å². The Hall–Kier alpha value is -3.48. The van der Waals surface area contributed by atoms with Gasteiger partial charge in [-0.3, -0.25) is 14.2 Å². The van der Waals surface area contributed by atoms with Gasteiger partial charge in [-0.2, -0.15) is 0 Å². The number of hydrogen-bond acceptors (Lipinski definition) is 5. The summed E-state index contributed by atoms with van der Waals surface area (Å²) in [5, 5.41) is 0.481. The Balaban J connectivity index is 1.46. The van der Waals surface area contributed by atoms with Crippen molar-refractivity contribution >= 4 is 22.8 Å². The van der Waals surface area contributed by atoms with Gasteiger partial charge in [0.15, 0.2) is 0 Å². The molecule has 5 rings (SSSR count). The topological polar surface area (TPSA) is 81.5 Å². The number of aromatic nitrogens is 2. The molecule has 7 heteroatoms. The van der Waals surface area contributed by atoms with E-state index >= 15 is 0 Å². The molecule has 2 aliphatic rings. The first-order valence-corrected chi connectivity index (χ1v) is 10.7. The van der Waals surface area contributed by atoms with Crippen LogP contribution in [0, 0.1) is 0 Å². The maximum atomic E-state index is 13.1. The van der Waals surface area contributed by atoms with Crippen LogP contribution in [0.15, 0.2) is 53.3 Å². The predicted octanol–water partition coefficient (Wildman–Crippen LogP) is 2.86. The van der Waals surface area contributed by atoms with Crippen LogP contribution in [0.3, 0.4) is 0 Å². The number of rotatable bonds is 4. The van der Waals surface area contributed by atoms with Gasteiger partial charge >= 0.3 is 5.97 Å². The van der Waals surface area contributed by atoms with Crippen LogP contribution in [-0.4, -0.2) is 39.4 Å². The molecule has 158 valence electrons. The zero-order valence-corrected chi connectivity index (χ0v) is 17.1. The van der Waals surface area contributed by atoms with Crippen LogP contribution in [0.5, 0.6) is 0 Å². The second-order valence-corrected chi connectivity index (χ2v) is 8.05. The van der Waals surface area contributed by atoms with E-state index in [4.69, 9.17) is 4.74 Å². The van der Waals surface area contributed by atoms with E-state index in [1.165, 1.54) is 0 Å². The molecular formula is C24H23N3O4. The molecule has 0 aliphatic carbocycles. The molecule has 0 unspecified atom stereocenters. The largest absolute Gasteiger partial charge is 0.444 e. The summed E-state index contributed by atoms with van der Waals surface area (Å²) in [6.45, 7) is 2.03. The third-order valence-electron chi connectivity index (χ3n) is 6.02. The minimum Gasteiger partial charge on any atom is -0.444 e. The fraction of sp³-hybridized carbons (Fsp3) is 0.333. The number of amides is 1. The second kappa shape index (κ2) is 7.98. The van der Waals surface area contributed by atoms with E-state index in [2.05, 4.69) is 4.98 Å². The molecule has 7 nitrogen and oxygen atoms in total. The lowest BCUT2D eigenvalue weighted by atomic mass is 10.1. The average Bonchev–Trinajstić information content (AvgIpc) is 3.49.